The van der Waals surface area contributed by atoms with Gasteiger partial charge in [-0.3, -0.25) is 4.57 Å². The molecule has 6 heteroatoms. The zero-order chi connectivity index (χ0) is 8.48. The number of hydrogen-bond donors (Lipinski definition) is 3. The third-order valence-electron chi connectivity index (χ3n) is 1.64. The topological polar surface area (TPSA) is 102 Å². The summed E-state index contributed by atoms with van der Waals surface area (Å²) in [6.45, 7) is 0. The molecule has 0 radical (unpaired) electrons. The zero-order valence-electron chi connectivity index (χ0n) is 6.10. The van der Waals surface area contributed by atoms with E-state index in [1.807, 2.05) is 0 Å². The van der Waals surface area contributed by atoms with Crippen LogP contribution in [0.25, 0.3) is 0 Å². The van der Waals surface area contributed by atoms with Gasteiger partial charge in [0.05, 0.1) is 6.04 Å². The highest BCUT2D eigenvalue weighted by Crippen LogP contribution is 2.48. The first-order valence-electron chi connectivity index (χ1n) is 3.39. The first kappa shape index (κ1) is 8.56. The van der Waals surface area contributed by atoms with E-state index in [2.05, 4.69) is 4.99 Å². The summed E-state index contributed by atoms with van der Waals surface area (Å²) in [7, 11) is -2.87. The van der Waals surface area contributed by atoms with E-state index < -0.39 is 7.37 Å². The van der Waals surface area contributed by atoms with Crippen LogP contribution in [0.1, 0.15) is 6.42 Å². The maximum Gasteiger partial charge on any atom is 0.202 e. The standard InChI is InChI=1S/C5H12N3O2P/c6-5(7)8-4-1-2-11(9,10)3-4/h4H,1-3H2,(H,9,10)(H4,6,7,8). The lowest BCUT2D eigenvalue weighted by atomic mass is 10.3. The third kappa shape index (κ3) is 2.52. The lowest BCUT2D eigenvalue weighted by Gasteiger charge is -2.01. The van der Waals surface area contributed by atoms with Crippen molar-refractivity contribution in [3.8, 4) is 0 Å². The summed E-state index contributed by atoms with van der Waals surface area (Å²) in [6.07, 6.45) is 1.19. The second-order valence-corrected chi connectivity index (χ2v) is 5.25. The van der Waals surface area contributed by atoms with Crippen molar-refractivity contribution in [1.82, 2.24) is 0 Å². The summed E-state index contributed by atoms with van der Waals surface area (Å²) >= 11 is 0. The molecule has 1 saturated heterocycles. The Hall–Kier alpha value is -0.540. The molecule has 0 aromatic heterocycles. The Bertz CT molecular complexity index is 224. The predicted molar refractivity (Wildman–Crippen MR) is 43.8 cm³/mol. The van der Waals surface area contributed by atoms with E-state index in [0.717, 1.165) is 0 Å². The number of aliphatic imine (C=N–C) groups is 1. The smallest absolute Gasteiger partial charge is 0.202 e. The van der Waals surface area contributed by atoms with Gasteiger partial charge in [0.15, 0.2) is 5.96 Å². The van der Waals surface area contributed by atoms with Gasteiger partial charge in [0, 0.05) is 12.3 Å². The summed E-state index contributed by atoms with van der Waals surface area (Å²) in [5, 5.41) is 0. The fourth-order valence-corrected chi connectivity index (χ4v) is 2.99. The van der Waals surface area contributed by atoms with E-state index in [9.17, 15) is 4.57 Å². The van der Waals surface area contributed by atoms with Crippen molar-refractivity contribution in [3.05, 3.63) is 0 Å². The molecule has 0 saturated carbocycles. The Balaban J connectivity index is 2.56. The molecule has 0 spiro atoms. The van der Waals surface area contributed by atoms with Crippen molar-refractivity contribution in [2.24, 2.45) is 16.5 Å². The minimum Gasteiger partial charge on any atom is -0.370 e. The Morgan fingerprint density at radius 1 is 1.64 bits per heavy atom. The van der Waals surface area contributed by atoms with Crippen LogP contribution in [-0.2, 0) is 4.57 Å². The number of rotatable bonds is 1. The predicted octanol–water partition coefficient (Wildman–Crippen LogP) is -0.698. The molecule has 1 aliphatic heterocycles. The minimum absolute atomic E-state index is 0.00287. The van der Waals surface area contributed by atoms with E-state index in [-0.39, 0.29) is 18.2 Å². The molecule has 0 aromatic rings. The van der Waals surface area contributed by atoms with Gasteiger partial charge < -0.3 is 16.4 Å². The third-order valence-corrected chi connectivity index (χ3v) is 3.59. The highest BCUT2D eigenvalue weighted by molar-refractivity contribution is 7.58. The van der Waals surface area contributed by atoms with E-state index in [0.29, 0.717) is 12.6 Å². The van der Waals surface area contributed by atoms with Gasteiger partial charge in [-0.2, -0.15) is 0 Å². The quantitative estimate of drug-likeness (QED) is 0.280. The van der Waals surface area contributed by atoms with Crippen LogP contribution in [-0.4, -0.2) is 29.2 Å². The largest absolute Gasteiger partial charge is 0.370 e. The molecule has 5 nitrogen and oxygen atoms in total. The molecule has 0 aromatic carbocycles. The molecule has 2 unspecified atom stereocenters. The summed E-state index contributed by atoms with van der Waals surface area (Å²) in [5.74, 6) is -0.00287. The maximum atomic E-state index is 11.0. The van der Waals surface area contributed by atoms with Gasteiger partial charge in [0.1, 0.15) is 0 Å². The molecule has 5 N–H and O–H groups in total. The summed E-state index contributed by atoms with van der Waals surface area (Å²) in [6, 6.07) is -0.143. The Kier molecular flexibility index (Phi) is 2.20. The molecule has 0 amide bonds. The molecule has 0 bridgehead atoms. The van der Waals surface area contributed by atoms with E-state index in [1.165, 1.54) is 0 Å². The van der Waals surface area contributed by atoms with Gasteiger partial charge in [-0.1, -0.05) is 0 Å². The molecular formula is C5H12N3O2P. The van der Waals surface area contributed by atoms with Gasteiger partial charge in [0.25, 0.3) is 0 Å². The Morgan fingerprint density at radius 3 is 2.64 bits per heavy atom. The molecule has 0 aliphatic carbocycles. The van der Waals surface area contributed by atoms with Gasteiger partial charge >= 0.3 is 0 Å². The SMILES string of the molecule is NC(N)=NC1CCP(=O)(O)C1. The summed E-state index contributed by atoms with van der Waals surface area (Å²) in [5.41, 5.74) is 10.2. The summed E-state index contributed by atoms with van der Waals surface area (Å²) in [4.78, 5) is 12.9. The van der Waals surface area contributed by atoms with Crippen molar-refractivity contribution < 1.29 is 9.46 Å². The van der Waals surface area contributed by atoms with Crippen molar-refractivity contribution in [2.75, 3.05) is 12.3 Å². The highest BCUT2D eigenvalue weighted by Gasteiger charge is 2.31. The monoisotopic (exact) mass is 177 g/mol. The second-order valence-electron chi connectivity index (χ2n) is 2.75. The lowest BCUT2D eigenvalue weighted by molar-refractivity contribution is 0.484. The Labute approximate surface area is 64.9 Å². The molecule has 1 rings (SSSR count). The molecule has 2 atom stereocenters. The normalized spacial score (nSPS) is 37.0. The van der Waals surface area contributed by atoms with E-state index in [1.54, 1.807) is 0 Å². The zero-order valence-corrected chi connectivity index (χ0v) is 7.00. The first-order valence-corrected chi connectivity index (χ1v) is 5.42. The molecule has 11 heavy (non-hydrogen) atoms. The Morgan fingerprint density at radius 2 is 2.27 bits per heavy atom. The minimum atomic E-state index is -2.87. The molecule has 1 heterocycles. The van der Waals surface area contributed by atoms with Crippen molar-refractivity contribution >= 4 is 13.3 Å². The van der Waals surface area contributed by atoms with Crippen LogP contribution >= 0.6 is 7.37 Å². The number of nitrogens with zero attached hydrogens (tertiary/aromatic N) is 1. The van der Waals surface area contributed by atoms with Crippen LogP contribution in [0.4, 0.5) is 0 Å². The van der Waals surface area contributed by atoms with Crippen molar-refractivity contribution in [3.63, 3.8) is 0 Å². The average Bonchev–Trinajstić information content (AvgIpc) is 2.08. The molecular weight excluding hydrogens is 165 g/mol. The van der Waals surface area contributed by atoms with Crippen molar-refractivity contribution in [1.29, 1.82) is 0 Å². The average molecular weight is 177 g/mol. The number of hydrogen-bond acceptors (Lipinski definition) is 2. The number of guanidine groups is 1. The molecule has 1 aliphatic rings. The highest BCUT2D eigenvalue weighted by atomic mass is 31.2. The van der Waals surface area contributed by atoms with E-state index >= 15 is 0 Å². The molecule has 64 valence electrons. The van der Waals surface area contributed by atoms with E-state index in [4.69, 9.17) is 16.4 Å². The fourth-order valence-electron chi connectivity index (χ4n) is 1.18. The van der Waals surface area contributed by atoms with Crippen LogP contribution in [0.2, 0.25) is 0 Å². The van der Waals surface area contributed by atoms with Crippen LogP contribution in [0.15, 0.2) is 4.99 Å². The van der Waals surface area contributed by atoms with Crippen LogP contribution in [0.3, 0.4) is 0 Å². The van der Waals surface area contributed by atoms with Crippen LogP contribution in [0.5, 0.6) is 0 Å². The number of nitrogens with two attached hydrogens (primary N) is 2. The second kappa shape index (κ2) is 2.83. The van der Waals surface area contributed by atoms with Crippen LogP contribution in [0, 0.1) is 0 Å². The maximum absolute atomic E-state index is 11.0. The van der Waals surface area contributed by atoms with Gasteiger partial charge in [-0.15, -0.1) is 0 Å². The molecule has 1 fully saturated rings. The lowest BCUT2D eigenvalue weighted by Crippen LogP contribution is -2.25. The summed E-state index contributed by atoms with van der Waals surface area (Å²) < 4.78 is 11.0. The van der Waals surface area contributed by atoms with Gasteiger partial charge in [0.2, 0.25) is 7.37 Å². The first-order chi connectivity index (χ1) is 4.99. The van der Waals surface area contributed by atoms with Gasteiger partial charge in [-0.25, -0.2) is 4.99 Å². The fraction of sp³-hybridized carbons (Fsp3) is 0.800. The van der Waals surface area contributed by atoms with Crippen LogP contribution < -0.4 is 11.5 Å². The van der Waals surface area contributed by atoms with Gasteiger partial charge in [-0.05, 0) is 6.42 Å². The van der Waals surface area contributed by atoms with Crippen molar-refractivity contribution in [2.45, 2.75) is 12.5 Å².